The highest BCUT2D eigenvalue weighted by Crippen LogP contribution is 2.48. The molecule has 0 aliphatic heterocycles. The smallest absolute Gasteiger partial charge is 0.150 e. The Bertz CT molecular complexity index is 392. The van der Waals surface area contributed by atoms with Gasteiger partial charge in [-0.25, -0.2) is 4.39 Å². The van der Waals surface area contributed by atoms with Gasteiger partial charge in [0.2, 0.25) is 0 Å². The Morgan fingerprint density at radius 3 is 2.18 bits per heavy atom. The molecule has 0 heterocycles. The number of benzene rings is 1. The number of hydrogen-bond donors (Lipinski definition) is 1. The van der Waals surface area contributed by atoms with Gasteiger partial charge in [-0.1, -0.05) is 30.7 Å². The fourth-order valence-electron chi connectivity index (χ4n) is 2.84. The zero-order valence-corrected chi connectivity index (χ0v) is 10.2. The van der Waals surface area contributed by atoms with E-state index in [1.807, 2.05) is 12.1 Å². The van der Waals surface area contributed by atoms with Crippen molar-refractivity contribution in [2.45, 2.75) is 43.7 Å². The van der Waals surface area contributed by atoms with Crippen molar-refractivity contribution in [3.63, 3.8) is 0 Å². The Balaban J connectivity index is 1.82. The quantitative estimate of drug-likeness (QED) is 0.846. The molecule has 1 nitrogen and oxygen atoms in total. The lowest BCUT2D eigenvalue weighted by atomic mass is 9.79. The average Bonchev–Trinajstić information content (AvgIpc) is 3.11. The van der Waals surface area contributed by atoms with Crippen LogP contribution in [-0.4, -0.2) is 6.54 Å². The zero-order valence-electron chi connectivity index (χ0n) is 10.2. The molecule has 2 heteroatoms. The van der Waals surface area contributed by atoms with E-state index in [9.17, 15) is 4.39 Å². The first-order chi connectivity index (χ1) is 8.24. The molecule has 2 aliphatic rings. The highest BCUT2D eigenvalue weighted by Gasteiger charge is 2.46. The lowest BCUT2D eigenvalue weighted by Gasteiger charge is -2.28. The standard InChI is InChI=1S/C15H20FN/c16-15(10-17,14-8-9-14)13-6-4-12(5-7-13)11-2-1-3-11/h4-7,11,14H,1-3,8-10,17H2. The fraction of sp³-hybridized carbons (Fsp3) is 0.600. The van der Waals surface area contributed by atoms with E-state index in [-0.39, 0.29) is 12.5 Å². The average molecular weight is 233 g/mol. The fourth-order valence-corrected chi connectivity index (χ4v) is 2.84. The zero-order chi connectivity index (χ0) is 11.9. The lowest BCUT2D eigenvalue weighted by molar-refractivity contribution is 0.143. The first-order valence-corrected chi connectivity index (χ1v) is 6.73. The van der Waals surface area contributed by atoms with Gasteiger partial charge in [-0.3, -0.25) is 0 Å². The Morgan fingerprint density at radius 2 is 1.76 bits per heavy atom. The summed E-state index contributed by atoms with van der Waals surface area (Å²) >= 11 is 0. The van der Waals surface area contributed by atoms with E-state index >= 15 is 0 Å². The second-order valence-electron chi connectivity index (χ2n) is 5.59. The van der Waals surface area contributed by atoms with Crippen LogP contribution in [0.25, 0.3) is 0 Å². The third kappa shape index (κ3) is 1.89. The lowest BCUT2D eigenvalue weighted by Crippen LogP contribution is -2.32. The van der Waals surface area contributed by atoms with E-state index in [4.69, 9.17) is 5.73 Å². The third-order valence-electron chi connectivity index (χ3n) is 4.49. The minimum Gasteiger partial charge on any atom is -0.327 e. The predicted molar refractivity (Wildman–Crippen MR) is 67.6 cm³/mol. The highest BCUT2D eigenvalue weighted by molar-refractivity contribution is 5.32. The first-order valence-electron chi connectivity index (χ1n) is 6.73. The van der Waals surface area contributed by atoms with Crippen molar-refractivity contribution in [3.8, 4) is 0 Å². The maximum absolute atomic E-state index is 14.7. The molecule has 0 saturated heterocycles. The van der Waals surface area contributed by atoms with Crippen molar-refractivity contribution in [1.29, 1.82) is 0 Å². The molecule has 0 radical (unpaired) electrons. The maximum atomic E-state index is 14.7. The topological polar surface area (TPSA) is 26.0 Å². The van der Waals surface area contributed by atoms with Gasteiger partial charge >= 0.3 is 0 Å². The number of nitrogens with two attached hydrogens (primary N) is 1. The normalized spacial score (nSPS) is 24.1. The second-order valence-corrected chi connectivity index (χ2v) is 5.59. The molecular weight excluding hydrogens is 213 g/mol. The summed E-state index contributed by atoms with van der Waals surface area (Å²) in [6, 6.07) is 8.12. The number of rotatable bonds is 4. The molecule has 92 valence electrons. The largest absolute Gasteiger partial charge is 0.327 e. The minimum atomic E-state index is -1.28. The molecule has 2 aliphatic carbocycles. The number of alkyl halides is 1. The molecule has 2 fully saturated rings. The van der Waals surface area contributed by atoms with Crippen LogP contribution < -0.4 is 5.73 Å². The summed E-state index contributed by atoms with van der Waals surface area (Å²) in [6.07, 6.45) is 5.89. The van der Waals surface area contributed by atoms with Crippen LogP contribution in [0.2, 0.25) is 0 Å². The number of hydrogen-bond acceptors (Lipinski definition) is 1. The van der Waals surface area contributed by atoms with Crippen LogP contribution in [0.5, 0.6) is 0 Å². The van der Waals surface area contributed by atoms with Gasteiger partial charge in [0.05, 0.1) is 0 Å². The van der Waals surface area contributed by atoms with Gasteiger partial charge in [0, 0.05) is 6.54 Å². The van der Waals surface area contributed by atoms with Gasteiger partial charge in [-0.15, -0.1) is 0 Å². The van der Waals surface area contributed by atoms with Gasteiger partial charge in [0.15, 0.2) is 5.67 Å². The summed E-state index contributed by atoms with van der Waals surface area (Å²) in [5.74, 6) is 0.874. The Labute approximate surface area is 102 Å². The van der Waals surface area contributed by atoms with Crippen molar-refractivity contribution >= 4 is 0 Å². The van der Waals surface area contributed by atoms with Crippen LogP contribution in [0.3, 0.4) is 0 Å². The Hall–Kier alpha value is -0.890. The Morgan fingerprint density at radius 1 is 1.12 bits per heavy atom. The van der Waals surface area contributed by atoms with Crippen molar-refractivity contribution in [2.75, 3.05) is 6.54 Å². The van der Waals surface area contributed by atoms with E-state index in [2.05, 4.69) is 12.1 Å². The summed E-state index contributed by atoms with van der Waals surface area (Å²) in [4.78, 5) is 0. The molecule has 1 aromatic rings. The molecular formula is C15H20FN. The summed E-state index contributed by atoms with van der Waals surface area (Å²) in [6.45, 7) is 0.112. The summed E-state index contributed by atoms with van der Waals surface area (Å²) in [5, 5.41) is 0. The Kier molecular flexibility index (Phi) is 2.70. The maximum Gasteiger partial charge on any atom is 0.150 e. The van der Waals surface area contributed by atoms with Crippen molar-refractivity contribution in [2.24, 2.45) is 11.7 Å². The molecule has 2 N–H and O–H groups in total. The molecule has 0 amide bonds. The predicted octanol–water partition coefficient (Wildman–Crippen LogP) is 3.49. The van der Waals surface area contributed by atoms with Crippen molar-refractivity contribution in [3.05, 3.63) is 35.4 Å². The van der Waals surface area contributed by atoms with Gasteiger partial charge < -0.3 is 5.73 Å². The van der Waals surface area contributed by atoms with E-state index in [1.165, 1.54) is 24.8 Å². The summed E-state index contributed by atoms with van der Waals surface area (Å²) in [5.41, 5.74) is 6.51. The molecule has 0 bridgehead atoms. The van der Waals surface area contributed by atoms with Crippen molar-refractivity contribution in [1.82, 2.24) is 0 Å². The van der Waals surface area contributed by atoms with Gasteiger partial charge in [0.1, 0.15) is 0 Å². The van der Waals surface area contributed by atoms with Crippen molar-refractivity contribution < 1.29 is 4.39 Å². The highest BCUT2D eigenvalue weighted by atomic mass is 19.1. The molecule has 2 saturated carbocycles. The minimum absolute atomic E-state index is 0.112. The molecule has 0 spiro atoms. The molecule has 17 heavy (non-hydrogen) atoms. The molecule has 0 aromatic heterocycles. The van der Waals surface area contributed by atoms with E-state index in [1.54, 1.807) is 0 Å². The van der Waals surface area contributed by atoms with Gasteiger partial charge in [-0.05, 0) is 48.6 Å². The van der Waals surface area contributed by atoms with Crippen LogP contribution in [-0.2, 0) is 5.67 Å². The molecule has 1 atom stereocenters. The molecule has 1 aromatic carbocycles. The number of halogens is 1. The van der Waals surface area contributed by atoms with E-state index in [0.717, 1.165) is 24.3 Å². The SMILES string of the molecule is NCC(F)(c1ccc(C2CCC2)cc1)C1CC1. The van der Waals surface area contributed by atoms with E-state index < -0.39 is 5.67 Å². The summed E-state index contributed by atoms with van der Waals surface area (Å²) < 4.78 is 14.7. The second kappa shape index (κ2) is 4.09. The van der Waals surface area contributed by atoms with Gasteiger partial charge in [0.25, 0.3) is 0 Å². The molecule has 1 unspecified atom stereocenters. The van der Waals surface area contributed by atoms with Crippen LogP contribution in [0.4, 0.5) is 4.39 Å². The van der Waals surface area contributed by atoms with E-state index in [0.29, 0.717) is 0 Å². The monoisotopic (exact) mass is 233 g/mol. The van der Waals surface area contributed by atoms with Crippen LogP contribution >= 0.6 is 0 Å². The van der Waals surface area contributed by atoms with Crippen LogP contribution in [0.1, 0.15) is 49.1 Å². The molecule has 3 rings (SSSR count). The summed E-state index contributed by atoms with van der Waals surface area (Å²) in [7, 11) is 0. The van der Waals surface area contributed by atoms with Crippen LogP contribution in [0, 0.1) is 5.92 Å². The van der Waals surface area contributed by atoms with Gasteiger partial charge in [-0.2, -0.15) is 0 Å². The third-order valence-corrected chi connectivity index (χ3v) is 4.49. The first kappa shape index (κ1) is 11.2. The van der Waals surface area contributed by atoms with Crippen LogP contribution in [0.15, 0.2) is 24.3 Å².